The Morgan fingerprint density at radius 1 is 0.720 bits per heavy atom. The molecule has 2 atom stereocenters. The molecule has 0 N–H and O–H groups in total. The third-order valence-electron chi connectivity index (χ3n) is 6.40. The van der Waals surface area contributed by atoms with Gasteiger partial charge in [-0.25, -0.2) is 0 Å². The van der Waals surface area contributed by atoms with Crippen LogP contribution in [-0.4, -0.2) is 7.37 Å². The first kappa shape index (κ1) is 19.4. The Labute approximate surface area is 169 Å². The molecule has 2 unspecified atom stereocenters. The maximum absolute atomic E-state index is 2.60. The third kappa shape index (κ3) is 3.00. The van der Waals surface area contributed by atoms with E-state index in [2.05, 4.69) is 72.8 Å². The summed E-state index contributed by atoms with van der Waals surface area (Å²) in [6, 6.07) is 18.3. The number of hydrogen-bond acceptors (Lipinski definition) is 0. The summed E-state index contributed by atoms with van der Waals surface area (Å²) in [5, 5.41) is 0. The Morgan fingerprint density at radius 3 is 1.60 bits per heavy atom. The van der Waals surface area contributed by atoms with Crippen molar-refractivity contribution in [2.24, 2.45) is 0 Å². The second-order valence-corrected chi connectivity index (χ2v) is 29.6. The van der Waals surface area contributed by atoms with Gasteiger partial charge in [-0.3, -0.25) is 0 Å². The Morgan fingerprint density at radius 2 is 1.16 bits per heavy atom. The zero-order chi connectivity index (χ0) is 15.4. The van der Waals surface area contributed by atoms with Crippen LogP contribution in [0.25, 0.3) is 12.2 Å². The molecule has 2 aromatic carbocycles. The molecule has 130 valence electrons. The van der Waals surface area contributed by atoms with Crippen molar-refractivity contribution >= 4 is 44.3 Å². The van der Waals surface area contributed by atoms with E-state index in [4.69, 9.17) is 0 Å². The minimum atomic E-state index is -2.31. The second-order valence-electron chi connectivity index (χ2n) is 7.57. The van der Waals surface area contributed by atoms with Gasteiger partial charge in [-0.05, 0) is 0 Å². The number of rotatable bonds is 3. The molecule has 4 heteroatoms. The fourth-order valence-electron chi connectivity index (χ4n) is 4.99. The molecular formula is C21H24Cl2SiZr. The Bertz CT molecular complexity index is 780. The Hall–Kier alpha value is -0.400. The van der Waals surface area contributed by atoms with Gasteiger partial charge in [-0.2, -0.15) is 0 Å². The zero-order valence-corrected chi connectivity index (χ0v) is 20.5. The normalized spacial score (nSPS) is 24.8. The molecule has 0 amide bonds. The molecule has 3 aliphatic rings. The van der Waals surface area contributed by atoms with Crippen LogP contribution in [0.15, 0.2) is 60.7 Å². The maximum atomic E-state index is 2.60. The summed E-state index contributed by atoms with van der Waals surface area (Å²) in [5.74, 6) is 0. The van der Waals surface area contributed by atoms with Gasteiger partial charge in [0.1, 0.15) is 0 Å². The molecule has 0 bridgehead atoms. The molecule has 0 nitrogen and oxygen atoms in total. The molecule has 0 spiro atoms. The van der Waals surface area contributed by atoms with E-state index in [-0.39, 0.29) is 24.8 Å². The summed E-state index contributed by atoms with van der Waals surface area (Å²) in [7, 11) is 1.44. The predicted molar refractivity (Wildman–Crippen MR) is 114 cm³/mol. The Balaban J connectivity index is 0.000000911. The van der Waals surface area contributed by atoms with Crippen molar-refractivity contribution in [1.82, 2.24) is 0 Å². The molecule has 0 aliphatic heterocycles. The SMILES string of the molecule is Cl.Cl.[SiH3][Zr]([CH]1CC1)([CH]1C=Cc2ccccc21)[CH]1C=Cc2ccccc21. The first-order valence-corrected chi connectivity index (χ1v) is 21.5. The van der Waals surface area contributed by atoms with Gasteiger partial charge in [-0.1, -0.05) is 0 Å². The van der Waals surface area contributed by atoms with Crippen molar-refractivity contribution in [3.63, 3.8) is 0 Å². The monoisotopic (exact) mass is 464 g/mol. The van der Waals surface area contributed by atoms with Crippen LogP contribution in [0.4, 0.5) is 0 Å². The van der Waals surface area contributed by atoms with E-state index in [0.29, 0.717) is 0 Å². The van der Waals surface area contributed by atoms with E-state index in [0.717, 1.165) is 10.9 Å². The molecule has 25 heavy (non-hydrogen) atoms. The van der Waals surface area contributed by atoms with Crippen LogP contribution in [0.2, 0.25) is 3.63 Å². The fraction of sp³-hybridized carbons (Fsp3) is 0.238. The first-order valence-electron chi connectivity index (χ1n) is 8.83. The summed E-state index contributed by atoms with van der Waals surface area (Å²) in [5.41, 5.74) is 6.29. The van der Waals surface area contributed by atoms with E-state index < -0.39 is 19.4 Å². The molecule has 1 saturated carbocycles. The summed E-state index contributed by atoms with van der Waals surface area (Å²) in [6.45, 7) is 0. The standard InChI is InChI=1S/2C9H7.C3H5.2ClH.H3Si.Zr/c2*1-2-5-9-7-3-6-8(9)4-1;1-2-3-1;;;;/h2*1-7H;1H,2-3H2;2*1H;1H3;. The van der Waals surface area contributed by atoms with Gasteiger partial charge in [0.15, 0.2) is 0 Å². The van der Waals surface area contributed by atoms with Crippen LogP contribution in [0, 0.1) is 0 Å². The molecule has 3 aliphatic carbocycles. The summed E-state index contributed by atoms with van der Waals surface area (Å²) >= 11 is -2.31. The Kier molecular flexibility index (Phi) is 5.66. The summed E-state index contributed by atoms with van der Waals surface area (Å²) < 4.78 is 2.72. The van der Waals surface area contributed by atoms with Gasteiger partial charge in [0, 0.05) is 0 Å². The number of benzene rings is 2. The minimum absolute atomic E-state index is 0. The van der Waals surface area contributed by atoms with E-state index in [1.165, 1.54) is 31.3 Å². The molecule has 0 saturated heterocycles. The molecule has 2 aromatic rings. The van der Waals surface area contributed by atoms with E-state index in [1.807, 2.05) is 0 Å². The molecular weight excluding hydrogens is 442 g/mol. The fourth-order valence-corrected chi connectivity index (χ4v) is 28.4. The van der Waals surface area contributed by atoms with E-state index >= 15 is 0 Å². The van der Waals surface area contributed by atoms with Gasteiger partial charge in [-0.15, -0.1) is 24.8 Å². The van der Waals surface area contributed by atoms with Crippen LogP contribution in [0.5, 0.6) is 0 Å². The van der Waals surface area contributed by atoms with Crippen LogP contribution in [-0.2, 0) is 19.4 Å². The van der Waals surface area contributed by atoms with Crippen molar-refractivity contribution < 1.29 is 19.4 Å². The molecule has 5 rings (SSSR count). The van der Waals surface area contributed by atoms with Gasteiger partial charge in [0.05, 0.1) is 0 Å². The van der Waals surface area contributed by atoms with Crippen LogP contribution in [0.1, 0.15) is 42.3 Å². The second kappa shape index (κ2) is 7.31. The topological polar surface area (TPSA) is 0 Å². The first-order chi connectivity index (χ1) is 11.3. The van der Waals surface area contributed by atoms with Gasteiger partial charge in [0.2, 0.25) is 0 Å². The van der Waals surface area contributed by atoms with Crippen LogP contribution in [0.3, 0.4) is 0 Å². The van der Waals surface area contributed by atoms with Crippen molar-refractivity contribution in [2.75, 3.05) is 0 Å². The molecule has 0 radical (unpaired) electrons. The van der Waals surface area contributed by atoms with Crippen molar-refractivity contribution in [1.29, 1.82) is 0 Å². The number of hydrogen-bond donors (Lipinski definition) is 0. The third-order valence-corrected chi connectivity index (χ3v) is 33.4. The van der Waals surface area contributed by atoms with Gasteiger partial charge in [0.25, 0.3) is 0 Å². The molecule has 0 aromatic heterocycles. The molecule has 0 heterocycles. The average Bonchev–Trinajstić information content (AvgIpc) is 3.21. The quantitative estimate of drug-likeness (QED) is 0.533. The van der Waals surface area contributed by atoms with Crippen molar-refractivity contribution in [2.45, 2.75) is 23.7 Å². The van der Waals surface area contributed by atoms with Crippen molar-refractivity contribution in [3.05, 3.63) is 82.9 Å². The van der Waals surface area contributed by atoms with Crippen LogP contribution < -0.4 is 0 Å². The predicted octanol–water partition coefficient (Wildman–Crippen LogP) is 5.38. The summed E-state index contributed by atoms with van der Waals surface area (Å²) in [4.78, 5) is 0. The number of halogens is 2. The van der Waals surface area contributed by atoms with E-state index in [1.54, 1.807) is 11.1 Å². The van der Waals surface area contributed by atoms with Crippen LogP contribution >= 0.6 is 24.8 Å². The van der Waals surface area contributed by atoms with E-state index in [9.17, 15) is 0 Å². The number of allylic oxidation sites excluding steroid dienone is 2. The zero-order valence-electron chi connectivity index (χ0n) is 14.4. The average molecular weight is 467 g/mol. The van der Waals surface area contributed by atoms with Gasteiger partial charge >= 0.3 is 146 Å². The van der Waals surface area contributed by atoms with Gasteiger partial charge < -0.3 is 0 Å². The summed E-state index contributed by atoms with van der Waals surface area (Å²) in [6.07, 6.45) is 13.0. The number of fused-ring (bicyclic) bond motifs is 2. The molecule has 1 fully saturated rings. The van der Waals surface area contributed by atoms with Crippen molar-refractivity contribution in [3.8, 4) is 0 Å².